The van der Waals surface area contributed by atoms with Crippen LogP contribution in [0, 0.1) is 0 Å². The Kier molecular flexibility index (Phi) is 1.58. The molecule has 1 aliphatic rings. The number of aromatic nitrogens is 3. The van der Waals surface area contributed by atoms with Gasteiger partial charge in [-0.1, -0.05) is 12.2 Å². The molecule has 0 fully saturated rings. The van der Waals surface area contributed by atoms with Crippen LogP contribution in [0.5, 0.6) is 0 Å². The summed E-state index contributed by atoms with van der Waals surface area (Å²) in [5.41, 5.74) is 2.87. The molecule has 0 unspecified atom stereocenters. The molecule has 4 heteroatoms. The van der Waals surface area contributed by atoms with E-state index in [0.717, 1.165) is 28.1 Å². The van der Waals surface area contributed by atoms with Crippen molar-refractivity contribution in [3.63, 3.8) is 0 Å². The molecule has 4 nitrogen and oxygen atoms in total. The van der Waals surface area contributed by atoms with Gasteiger partial charge in [-0.3, -0.25) is 5.10 Å². The van der Waals surface area contributed by atoms with Crippen LogP contribution >= 0.6 is 0 Å². The standard InChI is InChI=1S/C13H9N3O/c1-2-10(17-7-1)9-5-6-14-13-11(9)12(15-16-13)8-3-4-8/h1-8H,(H,14,15,16). The van der Waals surface area contributed by atoms with Gasteiger partial charge in [-0.25, -0.2) is 4.98 Å². The van der Waals surface area contributed by atoms with E-state index in [2.05, 4.69) is 27.3 Å². The molecule has 1 N–H and O–H groups in total. The van der Waals surface area contributed by atoms with Crippen molar-refractivity contribution in [3.05, 3.63) is 48.5 Å². The molecule has 4 rings (SSSR count). The smallest absolute Gasteiger partial charge is 0.181 e. The molecule has 0 saturated carbocycles. The Hall–Kier alpha value is -2.36. The number of hydrogen-bond acceptors (Lipinski definition) is 3. The zero-order valence-corrected chi connectivity index (χ0v) is 8.92. The summed E-state index contributed by atoms with van der Waals surface area (Å²) in [6.07, 6.45) is 7.69. The Labute approximate surface area is 97.0 Å². The van der Waals surface area contributed by atoms with Crippen molar-refractivity contribution in [3.8, 4) is 11.3 Å². The number of pyridine rings is 1. The maximum Gasteiger partial charge on any atom is 0.181 e. The molecule has 1 aliphatic carbocycles. The summed E-state index contributed by atoms with van der Waals surface area (Å²) in [6.45, 7) is 0. The van der Waals surface area contributed by atoms with E-state index in [-0.39, 0.29) is 0 Å². The lowest BCUT2D eigenvalue weighted by atomic mass is 10.1. The van der Waals surface area contributed by atoms with Gasteiger partial charge in [0.1, 0.15) is 5.76 Å². The number of H-pyrrole nitrogens is 1. The normalized spacial score (nSPS) is 14.6. The zero-order valence-electron chi connectivity index (χ0n) is 8.92. The maximum atomic E-state index is 5.46. The second-order valence-corrected chi connectivity index (χ2v) is 4.08. The number of furan rings is 1. The van der Waals surface area contributed by atoms with Gasteiger partial charge in [0.15, 0.2) is 5.65 Å². The predicted octanol–water partition coefficient (Wildman–Crippen LogP) is 2.87. The first-order valence-corrected chi connectivity index (χ1v) is 5.48. The third-order valence-electron chi connectivity index (χ3n) is 2.99. The highest BCUT2D eigenvalue weighted by Gasteiger charge is 2.22. The fraction of sp³-hybridized carbons (Fsp3) is 0.0769. The predicted molar refractivity (Wildman–Crippen MR) is 63.5 cm³/mol. The molecule has 0 radical (unpaired) electrons. The second kappa shape index (κ2) is 3.07. The lowest BCUT2D eigenvalue weighted by Gasteiger charge is -2.01. The summed E-state index contributed by atoms with van der Waals surface area (Å²) < 4.78 is 5.46. The highest BCUT2D eigenvalue weighted by molar-refractivity contribution is 5.94. The van der Waals surface area contributed by atoms with E-state index in [1.54, 1.807) is 12.5 Å². The fourth-order valence-corrected chi connectivity index (χ4v) is 2.10. The zero-order chi connectivity index (χ0) is 11.2. The van der Waals surface area contributed by atoms with E-state index < -0.39 is 0 Å². The Morgan fingerprint density at radius 2 is 2.18 bits per heavy atom. The van der Waals surface area contributed by atoms with Crippen molar-refractivity contribution in [2.75, 3.05) is 0 Å². The molecule has 0 bridgehead atoms. The van der Waals surface area contributed by atoms with Gasteiger partial charge in [-0.15, -0.1) is 0 Å². The van der Waals surface area contributed by atoms with E-state index in [9.17, 15) is 0 Å². The Balaban J connectivity index is 2.04. The molecule has 0 aliphatic heterocycles. The monoisotopic (exact) mass is 223 g/mol. The van der Waals surface area contributed by atoms with E-state index in [4.69, 9.17) is 4.42 Å². The van der Waals surface area contributed by atoms with Crippen molar-refractivity contribution < 1.29 is 4.42 Å². The van der Waals surface area contributed by atoms with Crippen LogP contribution in [0.25, 0.3) is 22.4 Å². The number of nitrogens with zero attached hydrogens (tertiary/aromatic N) is 2. The highest BCUT2D eigenvalue weighted by atomic mass is 16.3. The Morgan fingerprint density at radius 1 is 1.24 bits per heavy atom. The van der Waals surface area contributed by atoms with Gasteiger partial charge in [0, 0.05) is 17.7 Å². The SMILES string of the molecule is C1=CC1c1[nH]nc2nccc(-c3ccco3)c12. The topological polar surface area (TPSA) is 54.7 Å². The van der Waals surface area contributed by atoms with E-state index in [1.165, 1.54) is 0 Å². The van der Waals surface area contributed by atoms with Crippen LogP contribution in [-0.2, 0) is 0 Å². The van der Waals surface area contributed by atoms with Crippen molar-refractivity contribution in [2.24, 2.45) is 0 Å². The molecule has 0 saturated heterocycles. The summed E-state index contributed by atoms with van der Waals surface area (Å²) in [5, 5.41) is 8.35. The van der Waals surface area contributed by atoms with E-state index >= 15 is 0 Å². The number of fused-ring (bicyclic) bond motifs is 1. The quantitative estimate of drug-likeness (QED) is 0.679. The molecule has 0 spiro atoms. The molecule has 0 atom stereocenters. The molecule has 3 aromatic rings. The third kappa shape index (κ3) is 1.24. The first-order chi connectivity index (χ1) is 8.43. The number of hydrogen-bond donors (Lipinski definition) is 1. The van der Waals surface area contributed by atoms with Crippen molar-refractivity contribution >= 4 is 11.0 Å². The van der Waals surface area contributed by atoms with Crippen LogP contribution in [0.1, 0.15) is 11.6 Å². The molecule has 3 aromatic heterocycles. The largest absolute Gasteiger partial charge is 0.464 e. The van der Waals surface area contributed by atoms with Gasteiger partial charge in [0.25, 0.3) is 0 Å². The van der Waals surface area contributed by atoms with Crippen LogP contribution in [-0.4, -0.2) is 15.2 Å². The summed E-state index contributed by atoms with van der Waals surface area (Å²) in [6, 6.07) is 5.80. The fourth-order valence-electron chi connectivity index (χ4n) is 2.10. The van der Waals surface area contributed by atoms with Crippen LogP contribution in [0.3, 0.4) is 0 Å². The minimum atomic E-state index is 0.373. The highest BCUT2D eigenvalue weighted by Crippen LogP contribution is 2.37. The summed E-state index contributed by atoms with van der Waals surface area (Å²) in [4.78, 5) is 4.27. The number of allylic oxidation sites excluding steroid dienone is 2. The lowest BCUT2D eigenvalue weighted by molar-refractivity contribution is 0.583. The molecular formula is C13H9N3O. The molecule has 82 valence electrons. The second-order valence-electron chi connectivity index (χ2n) is 4.08. The molecule has 3 heterocycles. The van der Waals surface area contributed by atoms with Gasteiger partial charge in [-0.05, 0) is 18.2 Å². The van der Waals surface area contributed by atoms with Crippen LogP contribution in [0.2, 0.25) is 0 Å². The van der Waals surface area contributed by atoms with Crippen LogP contribution in [0.4, 0.5) is 0 Å². The molecular weight excluding hydrogens is 214 g/mol. The average Bonchev–Trinajstić information content (AvgIpc) is 2.93. The lowest BCUT2D eigenvalue weighted by Crippen LogP contribution is -1.85. The summed E-state index contributed by atoms with van der Waals surface area (Å²) >= 11 is 0. The van der Waals surface area contributed by atoms with Gasteiger partial charge < -0.3 is 4.42 Å². The Morgan fingerprint density at radius 3 is 2.94 bits per heavy atom. The minimum absolute atomic E-state index is 0.373. The Bertz CT molecular complexity index is 703. The van der Waals surface area contributed by atoms with Gasteiger partial charge in [0.05, 0.1) is 17.3 Å². The first-order valence-electron chi connectivity index (χ1n) is 5.48. The van der Waals surface area contributed by atoms with Crippen LogP contribution < -0.4 is 0 Å². The van der Waals surface area contributed by atoms with E-state index in [0.29, 0.717) is 5.92 Å². The first kappa shape index (κ1) is 8.75. The average molecular weight is 223 g/mol. The minimum Gasteiger partial charge on any atom is -0.464 e. The molecule has 0 amide bonds. The number of nitrogens with one attached hydrogen (secondary N) is 1. The number of rotatable bonds is 2. The van der Waals surface area contributed by atoms with Crippen LogP contribution in [0.15, 0.2) is 47.2 Å². The maximum absolute atomic E-state index is 5.46. The van der Waals surface area contributed by atoms with E-state index in [1.807, 2.05) is 18.2 Å². The third-order valence-corrected chi connectivity index (χ3v) is 2.99. The number of aromatic amines is 1. The van der Waals surface area contributed by atoms with Crippen molar-refractivity contribution in [2.45, 2.75) is 5.92 Å². The van der Waals surface area contributed by atoms with Gasteiger partial charge in [-0.2, -0.15) is 5.10 Å². The molecule has 17 heavy (non-hydrogen) atoms. The van der Waals surface area contributed by atoms with Crippen molar-refractivity contribution in [1.82, 2.24) is 15.2 Å². The summed E-state index contributed by atoms with van der Waals surface area (Å²) in [5.74, 6) is 1.22. The van der Waals surface area contributed by atoms with Gasteiger partial charge in [0.2, 0.25) is 0 Å². The van der Waals surface area contributed by atoms with Crippen molar-refractivity contribution in [1.29, 1.82) is 0 Å². The van der Waals surface area contributed by atoms with Gasteiger partial charge >= 0.3 is 0 Å². The molecule has 0 aromatic carbocycles. The summed E-state index contributed by atoms with van der Waals surface area (Å²) in [7, 11) is 0.